The van der Waals surface area contributed by atoms with Gasteiger partial charge in [-0.1, -0.05) is 47.1 Å². The Morgan fingerprint density at radius 3 is 2.44 bits per heavy atom. The molecule has 0 aliphatic carbocycles. The molecule has 0 spiro atoms. The largest absolute Gasteiger partial charge is 0.315 e. The molecule has 0 radical (unpaired) electrons. The van der Waals surface area contributed by atoms with Gasteiger partial charge in [0.1, 0.15) is 5.82 Å². The van der Waals surface area contributed by atoms with Crippen molar-refractivity contribution in [3.8, 4) is 0 Å². The molecule has 27 heavy (non-hydrogen) atoms. The van der Waals surface area contributed by atoms with Crippen molar-refractivity contribution in [1.29, 1.82) is 0 Å². The molecule has 0 N–H and O–H groups in total. The first-order valence-electron chi connectivity index (χ1n) is 8.21. The van der Waals surface area contributed by atoms with Crippen LogP contribution in [0.3, 0.4) is 0 Å². The highest BCUT2D eigenvalue weighted by molar-refractivity contribution is 8.13. The quantitative estimate of drug-likeness (QED) is 0.703. The second-order valence-electron chi connectivity index (χ2n) is 6.54. The molecule has 2 aliphatic heterocycles. The molecule has 2 aromatic carbocycles. The Kier molecular flexibility index (Phi) is 5.14. The van der Waals surface area contributed by atoms with Crippen LogP contribution in [0.15, 0.2) is 47.5 Å². The van der Waals surface area contributed by atoms with Gasteiger partial charge in [0.2, 0.25) is 0 Å². The van der Waals surface area contributed by atoms with Crippen LogP contribution in [0.2, 0.25) is 10.0 Å². The molecule has 2 aromatic rings. The minimum Gasteiger partial charge on any atom is -0.315 e. The summed E-state index contributed by atoms with van der Waals surface area (Å²) in [6, 6.07) is 10.9. The average molecular weight is 445 g/mol. The number of nitrogens with zero attached hydrogens (tertiary/aromatic N) is 2. The van der Waals surface area contributed by atoms with Crippen molar-refractivity contribution < 1.29 is 12.8 Å². The maximum atomic E-state index is 13.1. The van der Waals surface area contributed by atoms with Gasteiger partial charge >= 0.3 is 0 Å². The zero-order valence-corrected chi connectivity index (χ0v) is 17.1. The predicted molar refractivity (Wildman–Crippen MR) is 110 cm³/mol. The van der Waals surface area contributed by atoms with E-state index in [0.29, 0.717) is 15.8 Å². The van der Waals surface area contributed by atoms with Crippen LogP contribution in [0.5, 0.6) is 0 Å². The first kappa shape index (κ1) is 19.1. The molecule has 2 atom stereocenters. The monoisotopic (exact) mass is 444 g/mol. The van der Waals surface area contributed by atoms with Gasteiger partial charge in [-0.15, -0.1) is 0 Å². The zero-order valence-electron chi connectivity index (χ0n) is 14.0. The number of hydrogen-bond donors (Lipinski definition) is 0. The normalized spacial score (nSPS) is 23.4. The summed E-state index contributed by atoms with van der Waals surface area (Å²) >= 11 is 13.8. The molecule has 0 unspecified atom stereocenters. The Morgan fingerprint density at radius 2 is 1.78 bits per heavy atom. The van der Waals surface area contributed by atoms with Gasteiger partial charge in [-0.05, 0) is 35.9 Å². The van der Waals surface area contributed by atoms with Crippen molar-refractivity contribution in [1.82, 2.24) is 0 Å². The first-order chi connectivity index (χ1) is 12.8. The van der Waals surface area contributed by atoms with Gasteiger partial charge in [0.25, 0.3) is 0 Å². The smallest absolute Gasteiger partial charge is 0.164 e. The zero-order chi connectivity index (χ0) is 19.2. The number of hydrogen-bond acceptors (Lipinski definition) is 5. The highest BCUT2D eigenvalue weighted by Crippen LogP contribution is 2.37. The summed E-state index contributed by atoms with van der Waals surface area (Å²) < 4.78 is 37.3. The number of amidine groups is 1. The Labute approximate surface area is 171 Å². The Hall–Kier alpha value is -1.28. The van der Waals surface area contributed by atoms with Crippen LogP contribution in [0, 0.1) is 5.82 Å². The molecule has 0 saturated carbocycles. The third-order valence-corrected chi connectivity index (χ3v) is 7.69. The lowest BCUT2D eigenvalue weighted by molar-refractivity contribution is 0.601. The van der Waals surface area contributed by atoms with E-state index in [1.54, 1.807) is 30.3 Å². The Bertz CT molecular complexity index is 992. The van der Waals surface area contributed by atoms with Crippen LogP contribution < -0.4 is 4.90 Å². The summed E-state index contributed by atoms with van der Waals surface area (Å²) in [6.45, 7) is 0. The van der Waals surface area contributed by atoms with E-state index in [-0.39, 0.29) is 29.4 Å². The second kappa shape index (κ2) is 7.28. The first-order valence-corrected chi connectivity index (χ1v) is 11.8. The molecule has 9 heteroatoms. The Morgan fingerprint density at radius 1 is 1.11 bits per heavy atom. The molecule has 2 heterocycles. The number of anilines is 1. The summed E-state index contributed by atoms with van der Waals surface area (Å²) in [6.07, 6.45) is 0. The summed E-state index contributed by atoms with van der Waals surface area (Å²) in [4.78, 5) is 6.58. The molecule has 2 aliphatic rings. The third kappa shape index (κ3) is 4.11. The van der Waals surface area contributed by atoms with Gasteiger partial charge < -0.3 is 4.90 Å². The second-order valence-corrected chi connectivity index (χ2v) is 10.5. The van der Waals surface area contributed by atoms with Crippen molar-refractivity contribution in [3.05, 3.63) is 63.9 Å². The average Bonchev–Trinajstić information content (AvgIpc) is 3.04. The molecule has 0 aromatic heterocycles. The van der Waals surface area contributed by atoms with Gasteiger partial charge in [0, 0.05) is 21.5 Å². The van der Waals surface area contributed by atoms with E-state index in [1.165, 1.54) is 23.9 Å². The fraction of sp³-hybridized carbons (Fsp3) is 0.278. The summed E-state index contributed by atoms with van der Waals surface area (Å²) in [5.74, 6) is 0.405. The van der Waals surface area contributed by atoms with Gasteiger partial charge in [0.15, 0.2) is 15.0 Å². The minimum absolute atomic E-state index is 0.0447. The lowest BCUT2D eigenvalue weighted by atomic mass is 10.1. The number of benzene rings is 2. The number of fused-ring (bicyclic) bond motifs is 1. The lowest BCUT2D eigenvalue weighted by Crippen LogP contribution is -2.39. The van der Waals surface area contributed by atoms with E-state index in [4.69, 9.17) is 23.2 Å². The molecule has 4 nitrogen and oxygen atoms in total. The molecule has 0 bridgehead atoms. The van der Waals surface area contributed by atoms with Gasteiger partial charge in [0.05, 0.1) is 23.6 Å². The molecular formula is C18H15Cl2FN2O2S2. The molecule has 1 fully saturated rings. The SMILES string of the molecule is O=S1(=O)C[C@@H]2N=C(SCc3ccc(F)cc3)N(c3cc(Cl)cc(Cl)c3)[C@@H]2C1. The van der Waals surface area contributed by atoms with E-state index >= 15 is 0 Å². The molecular weight excluding hydrogens is 430 g/mol. The summed E-state index contributed by atoms with van der Waals surface area (Å²) in [5.41, 5.74) is 1.68. The van der Waals surface area contributed by atoms with Crippen molar-refractivity contribution in [2.24, 2.45) is 4.99 Å². The molecule has 4 rings (SSSR count). The number of rotatable bonds is 3. The van der Waals surface area contributed by atoms with E-state index in [9.17, 15) is 12.8 Å². The fourth-order valence-electron chi connectivity index (χ4n) is 3.34. The lowest BCUT2D eigenvalue weighted by Gasteiger charge is -2.27. The number of halogens is 3. The fourth-order valence-corrected chi connectivity index (χ4v) is 6.78. The standard InChI is InChI=1S/C18H15Cl2FN2O2S2/c19-12-5-13(20)7-15(6-12)23-17-10-27(24,25)9-16(17)22-18(23)26-8-11-1-3-14(21)4-2-11/h1-7,16-17H,8-10H2/t16-,17+/m0/s1. The van der Waals surface area contributed by atoms with Crippen LogP contribution in [0.4, 0.5) is 10.1 Å². The van der Waals surface area contributed by atoms with E-state index in [0.717, 1.165) is 16.4 Å². The van der Waals surface area contributed by atoms with Gasteiger partial charge in [-0.2, -0.15) is 0 Å². The molecule has 142 valence electrons. The summed E-state index contributed by atoms with van der Waals surface area (Å²) in [7, 11) is -3.13. The summed E-state index contributed by atoms with van der Waals surface area (Å²) in [5, 5.41) is 1.68. The van der Waals surface area contributed by atoms with Gasteiger partial charge in [-0.25, -0.2) is 12.8 Å². The minimum atomic E-state index is -3.13. The van der Waals surface area contributed by atoms with E-state index in [2.05, 4.69) is 4.99 Å². The maximum Gasteiger partial charge on any atom is 0.164 e. The number of sulfone groups is 1. The maximum absolute atomic E-state index is 13.1. The number of thioether (sulfide) groups is 1. The highest BCUT2D eigenvalue weighted by atomic mass is 35.5. The van der Waals surface area contributed by atoms with Crippen LogP contribution >= 0.6 is 35.0 Å². The van der Waals surface area contributed by atoms with Crippen molar-refractivity contribution in [2.45, 2.75) is 17.8 Å². The number of aliphatic imine (C=N–C) groups is 1. The Balaban J connectivity index is 1.64. The van der Waals surface area contributed by atoms with E-state index in [1.807, 2.05) is 4.90 Å². The van der Waals surface area contributed by atoms with Crippen molar-refractivity contribution in [3.63, 3.8) is 0 Å². The van der Waals surface area contributed by atoms with Crippen LogP contribution in [-0.4, -0.2) is 37.2 Å². The topological polar surface area (TPSA) is 49.7 Å². The third-order valence-electron chi connectivity index (χ3n) is 4.51. The van der Waals surface area contributed by atoms with Crippen molar-refractivity contribution in [2.75, 3.05) is 16.4 Å². The predicted octanol–water partition coefficient (Wildman–Crippen LogP) is 4.41. The molecule has 0 amide bonds. The van der Waals surface area contributed by atoms with Crippen LogP contribution in [0.25, 0.3) is 0 Å². The highest BCUT2D eigenvalue weighted by Gasteiger charge is 2.47. The van der Waals surface area contributed by atoms with Crippen LogP contribution in [0.1, 0.15) is 5.56 Å². The van der Waals surface area contributed by atoms with Gasteiger partial charge in [-0.3, -0.25) is 4.99 Å². The van der Waals surface area contributed by atoms with E-state index < -0.39 is 9.84 Å². The van der Waals surface area contributed by atoms with Crippen LogP contribution in [-0.2, 0) is 15.6 Å². The van der Waals surface area contributed by atoms with Crippen molar-refractivity contribution >= 4 is 55.7 Å². The molecule has 1 saturated heterocycles.